The molecule has 0 saturated carbocycles. The molecule has 2 unspecified atom stereocenters. The number of nitrogen functional groups attached to an aromatic ring is 1. The number of halogens is 2. The van der Waals surface area contributed by atoms with Crippen LogP contribution in [0.1, 0.15) is 17.2 Å². The number of hydrogen-bond donors (Lipinski definition) is 3. The van der Waals surface area contributed by atoms with Gasteiger partial charge in [0.05, 0.1) is 11.1 Å². The fourth-order valence-corrected chi connectivity index (χ4v) is 1.88. The lowest BCUT2D eigenvalue weighted by Gasteiger charge is -2.18. The summed E-state index contributed by atoms with van der Waals surface area (Å²) in [5.74, 6) is 0. The zero-order valence-electron chi connectivity index (χ0n) is 8.24. The SMILES string of the molecule is Cc1c(N)ccc(C(O)C(O)CBr)c1Cl. The van der Waals surface area contributed by atoms with Gasteiger partial charge in [0.2, 0.25) is 0 Å². The first-order chi connectivity index (χ1) is 6.99. The van der Waals surface area contributed by atoms with Crippen molar-refractivity contribution in [3.63, 3.8) is 0 Å². The number of rotatable bonds is 3. The summed E-state index contributed by atoms with van der Waals surface area (Å²) in [4.78, 5) is 0. The van der Waals surface area contributed by atoms with Crippen molar-refractivity contribution >= 4 is 33.2 Å². The molecule has 0 aliphatic carbocycles. The fraction of sp³-hybridized carbons (Fsp3) is 0.400. The Hall–Kier alpha value is -0.290. The lowest BCUT2D eigenvalue weighted by atomic mass is 10.0. The highest BCUT2D eigenvalue weighted by molar-refractivity contribution is 9.09. The smallest absolute Gasteiger partial charge is 0.107 e. The first kappa shape index (κ1) is 12.8. The molecule has 0 saturated heterocycles. The van der Waals surface area contributed by atoms with Gasteiger partial charge in [-0.1, -0.05) is 33.6 Å². The van der Waals surface area contributed by atoms with E-state index in [-0.39, 0.29) is 5.33 Å². The topological polar surface area (TPSA) is 66.5 Å². The number of aliphatic hydroxyl groups excluding tert-OH is 2. The third-order valence-corrected chi connectivity index (χ3v) is 3.46. The number of hydrogen-bond acceptors (Lipinski definition) is 3. The summed E-state index contributed by atoms with van der Waals surface area (Å²) >= 11 is 9.12. The van der Waals surface area contributed by atoms with E-state index in [1.165, 1.54) is 0 Å². The van der Waals surface area contributed by atoms with Crippen LogP contribution in [0.5, 0.6) is 0 Å². The molecule has 0 aliphatic rings. The molecule has 0 bridgehead atoms. The van der Waals surface area contributed by atoms with Crippen LogP contribution in [0.4, 0.5) is 5.69 Å². The van der Waals surface area contributed by atoms with Crippen LogP contribution in [-0.4, -0.2) is 21.6 Å². The van der Waals surface area contributed by atoms with Gasteiger partial charge in [0.1, 0.15) is 6.10 Å². The lowest BCUT2D eigenvalue weighted by molar-refractivity contribution is 0.0343. The van der Waals surface area contributed by atoms with E-state index < -0.39 is 12.2 Å². The first-order valence-electron chi connectivity index (χ1n) is 4.45. The molecule has 0 aromatic heterocycles. The summed E-state index contributed by atoms with van der Waals surface area (Å²) in [5.41, 5.74) is 7.45. The Balaban J connectivity index is 3.10. The Morgan fingerprint density at radius 3 is 2.60 bits per heavy atom. The highest BCUT2D eigenvalue weighted by Gasteiger charge is 2.20. The maximum atomic E-state index is 9.78. The van der Waals surface area contributed by atoms with E-state index >= 15 is 0 Å². The zero-order chi connectivity index (χ0) is 11.6. The van der Waals surface area contributed by atoms with Crippen LogP contribution < -0.4 is 5.73 Å². The van der Waals surface area contributed by atoms with Crippen LogP contribution in [-0.2, 0) is 0 Å². The molecule has 84 valence electrons. The minimum Gasteiger partial charge on any atom is -0.398 e. The number of anilines is 1. The van der Waals surface area contributed by atoms with E-state index in [1.807, 2.05) is 0 Å². The lowest BCUT2D eigenvalue weighted by Crippen LogP contribution is -2.20. The van der Waals surface area contributed by atoms with Crippen molar-refractivity contribution in [2.45, 2.75) is 19.1 Å². The minimum absolute atomic E-state index is 0.286. The molecule has 2 atom stereocenters. The molecular formula is C10H13BrClNO2. The molecule has 1 aromatic carbocycles. The first-order valence-corrected chi connectivity index (χ1v) is 5.95. The van der Waals surface area contributed by atoms with Gasteiger partial charge in [0.25, 0.3) is 0 Å². The van der Waals surface area contributed by atoms with Crippen LogP contribution in [0.3, 0.4) is 0 Å². The molecule has 15 heavy (non-hydrogen) atoms. The van der Waals surface area contributed by atoms with E-state index in [0.29, 0.717) is 16.3 Å². The van der Waals surface area contributed by atoms with E-state index in [9.17, 15) is 10.2 Å². The van der Waals surface area contributed by atoms with Crippen molar-refractivity contribution in [3.05, 3.63) is 28.3 Å². The van der Waals surface area contributed by atoms with Gasteiger partial charge in [-0.25, -0.2) is 0 Å². The molecule has 0 heterocycles. The van der Waals surface area contributed by atoms with Crippen LogP contribution in [0.2, 0.25) is 5.02 Å². The van der Waals surface area contributed by atoms with Crippen molar-refractivity contribution in [1.82, 2.24) is 0 Å². The number of alkyl halides is 1. The molecule has 3 nitrogen and oxygen atoms in total. The van der Waals surface area contributed by atoms with E-state index in [0.717, 1.165) is 5.56 Å². The van der Waals surface area contributed by atoms with Crippen LogP contribution in [0.25, 0.3) is 0 Å². The number of benzene rings is 1. The van der Waals surface area contributed by atoms with Crippen molar-refractivity contribution in [1.29, 1.82) is 0 Å². The largest absolute Gasteiger partial charge is 0.398 e. The third kappa shape index (κ3) is 2.64. The van der Waals surface area contributed by atoms with Crippen molar-refractivity contribution in [2.24, 2.45) is 0 Å². The van der Waals surface area contributed by atoms with Gasteiger partial charge in [-0.15, -0.1) is 0 Å². The Bertz CT molecular complexity index is 360. The predicted molar refractivity (Wildman–Crippen MR) is 65.4 cm³/mol. The average Bonchev–Trinajstić information content (AvgIpc) is 2.24. The molecule has 0 aliphatic heterocycles. The Labute approximate surface area is 102 Å². The summed E-state index contributed by atoms with van der Waals surface area (Å²) in [5, 5.41) is 19.9. The Morgan fingerprint density at radius 1 is 1.47 bits per heavy atom. The Kier molecular flexibility index (Phi) is 4.40. The minimum atomic E-state index is -1.00. The molecule has 4 N–H and O–H groups in total. The quantitative estimate of drug-likeness (QED) is 0.590. The summed E-state index contributed by atoms with van der Waals surface area (Å²) in [7, 11) is 0. The normalized spacial score (nSPS) is 15.0. The average molecular weight is 295 g/mol. The van der Waals surface area contributed by atoms with Crippen LogP contribution in [0, 0.1) is 6.92 Å². The van der Waals surface area contributed by atoms with Gasteiger partial charge in [-0.3, -0.25) is 0 Å². The van der Waals surface area contributed by atoms with Gasteiger partial charge >= 0.3 is 0 Å². The summed E-state index contributed by atoms with van der Waals surface area (Å²) in [6.07, 6.45) is -1.89. The molecular weight excluding hydrogens is 281 g/mol. The maximum Gasteiger partial charge on any atom is 0.107 e. The summed E-state index contributed by atoms with van der Waals surface area (Å²) in [6, 6.07) is 3.29. The van der Waals surface area contributed by atoms with E-state index in [1.54, 1.807) is 19.1 Å². The van der Waals surface area contributed by atoms with E-state index in [4.69, 9.17) is 17.3 Å². The second-order valence-corrected chi connectivity index (χ2v) is 4.37. The van der Waals surface area contributed by atoms with Crippen LogP contribution in [0.15, 0.2) is 12.1 Å². The van der Waals surface area contributed by atoms with Crippen molar-refractivity contribution in [2.75, 3.05) is 11.1 Å². The van der Waals surface area contributed by atoms with Gasteiger partial charge in [0, 0.05) is 16.6 Å². The molecule has 0 amide bonds. The van der Waals surface area contributed by atoms with Gasteiger partial charge in [0.15, 0.2) is 0 Å². The number of aliphatic hydroxyl groups is 2. The monoisotopic (exact) mass is 293 g/mol. The van der Waals surface area contributed by atoms with Crippen molar-refractivity contribution in [3.8, 4) is 0 Å². The zero-order valence-corrected chi connectivity index (χ0v) is 10.6. The van der Waals surface area contributed by atoms with Gasteiger partial charge in [-0.2, -0.15) is 0 Å². The van der Waals surface area contributed by atoms with Crippen LogP contribution >= 0.6 is 27.5 Å². The molecule has 1 aromatic rings. The Morgan fingerprint density at radius 2 is 2.07 bits per heavy atom. The molecule has 5 heteroatoms. The summed E-state index contributed by atoms with van der Waals surface area (Å²) < 4.78 is 0. The standard InChI is InChI=1S/C10H13BrClNO2/c1-5-7(13)3-2-6(9(5)12)10(15)8(14)4-11/h2-3,8,10,14-15H,4,13H2,1H3. The molecule has 0 spiro atoms. The fourth-order valence-electron chi connectivity index (χ4n) is 1.24. The van der Waals surface area contributed by atoms with Gasteiger partial charge < -0.3 is 15.9 Å². The highest BCUT2D eigenvalue weighted by Crippen LogP contribution is 2.31. The second-order valence-electron chi connectivity index (χ2n) is 3.35. The second kappa shape index (κ2) is 5.16. The van der Waals surface area contributed by atoms with E-state index in [2.05, 4.69) is 15.9 Å². The van der Waals surface area contributed by atoms with Gasteiger partial charge in [-0.05, 0) is 18.6 Å². The third-order valence-electron chi connectivity index (χ3n) is 2.30. The maximum absolute atomic E-state index is 9.78. The highest BCUT2D eigenvalue weighted by atomic mass is 79.9. The summed E-state index contributed by atoms with van der Waals surface area (Å²) in [6.45, 7) is 1.77. The molecule has 0 radical (unpaired) electrons. The predicted octanol–water partition coefficient (Wildman–Crippen LogP) is 2.02. The van der Waals surface area contributed by atoms with Crippen molar-refractivity contribution < 1.29 is 10.2 Å². The number of nitrogens with two attached hydrogens (primary N) is 1. The molecule has 0 fully saturated rings. The molecule has 1 rings (SSSR count).